The van der Waals surface area contributed by atoms with E-state index in [0.29, 0.717) is 13.0 Å². The summed E-state index contributed by atoms with van der Waals surface area (Å²) < 4.78 is 0. The fourth-order valence-electron chi connectivity index (χ4n) is 2.98. The van der Waals surface area contributed by atoms with Crippen molar-refractivity contribution in [1.82, 2.24) is 10.2 Å². The number of carbonyl (C=O) groups excluding carboxylic acids is 2. The van der Waals surface area contributed by atoms with E-state index < -0.39 is 0 Å². The minimum atomic E-state index is 0.00127. The number of nitrogens with zero attached hydrogens (tertiary/aromatic N) is 1. The van der Waals surface area contributed by atoms with Crippen LogP contribution in [0.4, 0.5) is 0 Å². The highest BCUT2D eigenvalue weighted by Crippen LogP contribution is 2.26. The van der Waals surface area contributed by atoms with Crippen LogP contribution in [-0.4, -0.2) is 35.8 Å². The third kappa shape index (κ3) is 3.43. The fraction of sp³-hybridized carbons (Fsp3) is 0.529. The third-order valence-electron chi connectivity index (χ3n) is 4.55. The molecule has 1 atom stereocenters. The lowest BCUT2D eigenvalue weighted by molar-refractivity contribution is -0.128. The molecule has 1 aliphatic carbocycles. The summed E-state index contributed by atoms with van der Waals surface area (Å²) in [5, 5.41) is 3.04. The maximum absolute atomic E-state index is 12.0. The van der Waals surface area contributed by atoms with E-state index in [2.05, 4.69) is 17.4 Å². The monoisotopic (exact) mass is 286 g/mol. The van der Waals surface area contributed by atoms with Gasteiger partial charge in [0.2, 0.25) is 11.8 Å². The number of nitrogens with one attached hydrogen (secondary N) is 1. The van der Waals surface area contributed by atoms with Gasteiger partial charge in [-0.1, -0.05) is 36.8 Å². The van der Waals surface area contributed by atoms with Gasteiger partial charge in [-0.25, -0.2) is 0 Å². The Morgan fingerprint density at radius 1 is 1.24 bits per heavy atom. The normalized spacial score (nSPS) is 22.2. The van der Waals surface area contributed by atoms with Gasteiger partial charge in [-0.2, -0.15) is 0 Å². The third-order valence-corrected chi connectivity index (χ3v) is 4.55. The van der Waals surface area contributed by atoms with Gasteiger partial charge in [-0.15, -0.1) is 0 Å². The van der Waals surface area contributed by atoms with Gasteiger partial charge >= 0.3 is 0 Å². The number of carbonyl (C=O) groups is 2. The Morgan fingerprint density at radius 2 is 2.00 bits per heavy atom. The molecule has 3 rings (SSSR count). The molecule has 2 fully saturated rings. The Kier molecular flexibility index (Phi) is 4.23. The molecule has 4 nitrogen and oxygen atoms in total. The van der Waals surface area contributed by atoms with E-state index in [1.54, 1.807) is 0 Å². The highest BCUT2D eigenvalue weighted by molar-refractivity contribution is 5.83. The zero-order valence-corrected chi connectivity index (χ0v) is 12.3. The van der Waals surface area contributed by atoms with Gasteiger partial charge in [0.25, 0.3) is 0 Å². The van der Waals surface area contributed by atoms with E-state index in [1.165, 1.54) is 5.56 Å². The Bertz CT molecular complexity index is 511. The van der Waals surface area contributed by atoms with E-state index in [-0.39, 0.29) is 23.8 Å². The van der Waals surface area contributed by atoms with Crippen LogP contribution < -0.4 is 5.32 Å². The Hall–Kier alpha value is -1.84. The summed E-state index contributed by atoms with van der Waals surface area (Å²) >= 11 is 0. The lowest BCUT2D eigenvalue weighted by Gasteiger charge is -2.26. The molecule has 1 aromatic carbocycles. The Morgan fingerprint density at radius 3 is 2.67 bits per heavy atom. The van der Waals surface area contributed by atoms with Gasteiger partial charge in [0, 0.05) is 25.4 Å². The molecule has 21 heavy (non-hydrogen) atoms. The highest BCUT2D eigenvalue weighted by Gasteiger charge is 2.33. The predicted molar refractivity (Wildman–Crippen MR) is 80.6 cm³/mol. The average molecular weight is 286 g/mol. The quantitative estimate of drug-likeness (QED) is 0.896. The second-order valence-corrected chi connectivity index (χ2v) is 6.11. The van der Waals surface area contributed by atoms with Crippen LogP contribution in [-0.2, 0) is 16.0 Å². The second-order valence-electron chi connectivity index (χ2n) is 6.11. The number of rotatable bonds is 5. The second kappa shape index (κ2) is 6.29. The van der Waals surface area contributed by atoms with Crippen molar-refractivity contribution in [3.05, 3.63) is 35.9 Å². The standard InChI is InChI=1S/C17H22N2O2/c20-16-11-15(18-17(21)14-7-4-8-14)12-19(16)10-9-13-5-2-1-3-6-13/h1-3,5-6,14-15H,4,7-12H2,(H,18,21)/t15-/m1/s1. The summed E-state index contributed by atoms with van der Waals surface area (Å²) in [7, 11) is 0. The highest BCUT2D eigenvalue weighted by atomic mass is 16.2. The number of hydrogen-bond donors (Lipinski definition) is 1. The van der Waals surface area contributed by atoms with Crippen LogP contribution in [0.5, 0.6) is 0 Å². The molecule has 0 spiro atoms. The van der Waals surface area contributed by atoms with E-state index in [0.717, 1.165) is 32.2 Å². The van der Waals surface area contributed by atoms with E-state index in [4.69, 9.17) is 0 Å². The molecule has 2 aliphatic rings. The van der Waals surface area contributed by atoms with E-state index in [9.17, 15) is 9.59 Å². The Balaban J connectivity index is 1.47. The molecular formula is C17H22N2O2. The number of likely N-dealkylation sites (tertiary alicyclic amines) is 1. The van der Waals surface area contributed by atoms with Crippen LogP contribution in [0.3, 0.4) is 0 Å². The number of hydrogen-bond acceptors (Lipinski definition) is 2. The van der Waals surface area contributed by atoms with Crippen molar-refractivity contribution in [3.8, 4) is 0 Å². The first-order valence-corrected chi connectivity index (χ1v) is 7.84. The van der Waals surface area contributed by atoms with Gasteiger partial charge in [0.1, 0.15) is 0 Å². The van der Waals surface area contributed by atoms with Gasteiger partial charge in [-0.3, -0.25) is 9.59 Å². The molecular weight excluding hydrogens is 264 g/mol. The summed E-state index contributed by atoms with van der Waals surface area (Å²) in [5.41, 5.74) is 1.24. The summed E-state index contributed by atoms with van der Waals surface area (Å²) in [6, 6.07) is 10.2. The first-order chi connectivity index (χ1) is 10.2. The molecule has 2 amide bonds. The lowest BCUT2D eigenvalue weighted by Crippen LogP contribution is -2.42. The molecule has 0 unspecified atom stereocenters. The maximum atomic E-state index is 12.0. The van der Waals surface area contributed by atoms with E-state index >= 15 is 0 Å². The van der Waals surface area contributed by atoms with Crippen molar-refractivity contribution in [2.75, 3.05) is 13.1 Å². The molecule has 1 N–H and O–H groups in total. The summed E-state index contributed by atoms with van der Waals surface area (Å²) in [6.07, 6.45) is 4.49. The van der Waals surface area contributed by atoms with Crippen LogP contribution in [0.25, 0.3) is 0 Å². The molecule has 0 bridgehead atoms. The molecule has 1 aromatic rings. The SMILES string of the molecule is O=C(N[C@@H]1CC(=O)N(CCc2ccccc2)C1)C1CCC1. The van der Waals surface area contributed by atoms with Crippen molar-refractivity contribution in [1.29, 1.82) is 0 Å². The van der Waals surface area contributed by atoms with Gasteiger partial charge in [0.15, 0.2) is 0 Å². The van der Waals surface area contributed by atoms with Crippen LogP contribution in [0.1, 0.15) is 31.2 Å². The molecule has 112 valence electrons. The van der Waals surface area contributed by atoms with Crippen molar-refractivity contribution < 1.29 is 9.59 Å². The van der Waals surface area contributed by atoms with Gasteiger partial charge < -0.3 is 10.2 Å². The zero-order valence-electron chi connectivity index (χ0n) is 12.3. The molecule has 1 saturated heterocycles. The van der Waals surface area contributed by atoms with Crippen LogP contribution in [0.2, 0.25) is 0 Å². The lowest BCUT2D eigenvalue weighted by atomic mass is 9.84. The van der Waals surface area contributed by atoms with Crippen molar-refractivity contribution in [2.45, 2.75) is 38.1 Å². The van der Waals surface area contributed by atoms with Crippen molar-refractivity contribution in [2.24, 2.45) is 5.92 Å². The molecule has 0 aromatic heterocycles. The predicted octanol–water partition coefficient (Wildman–Crippen LogP) is 1.75. The Labute approximate surface area is 125 Å². The van der Waals surface area contributed by atoms with Gasteiger partial charge in [0.05, 0.1) is 6.04 Å². The minimum Gasteiger partial charge on any atom is -0.351 e. The number of benzene rings is 1. The zero-order chi connectivity index (χ0) is 14.7. The first-order valence-electron chi connectivity index (χ1n) is 7.84. The molecule has 1 heterocycles. The van der Waals surface area contributed by atoms with Crippen LogP contribution in [0, 0.1) is 5.92 Å². The fourth-order valence-corrected chi connectivity index (χ4v) is 2.98. The largest absolute Gasteiger partial charge is 0.351 e. The minimum absolute atomic E-state index is 0.00127. The molecule has 1 aliphatic heterocycles. The average Bonchev–Trinajstić information content (AvgIpc) is 2.75. The summed E-state index contributed by atoms with van der Waals surface area (Å²) in [6.45, 7) is 1.39. The van der Waals surface area contributed by atoms with Crippen molar-refractivity contribution >= 4 is 11.8 Å². The van der Waals surface area contributed by atoms with Gasteiger partial charge in [-0.05, 0) is 24.8 Å². The summed E-state index contributed by atoms with van der Waals surface area (Å²) in [4.78, 5) is 25.8. The first kappa shape index (κ1) is 14.1. The molecule has 0 radical (unpaired) electrons. The van der Waals surface area contributed by atoms with Crippen LogP contribution >= 0.6 is 0 Å². The topological polar surface area (TPSA) is 49.4 Å². The van der Waals surface area contributed by atoms with E-state index in [1.807, 2.05) is 23.1 Å². The van der Waals surface area contributed by atoms with Crippen LogP contribution in [0.15, 0.2) is 30.3 Å². The summed E-state index contributed by atoms with van der Waals surface area (Å²) in [5.74, 6) is 0.493. The smallest absolute Gasteiger partial charge is 0.224 e. The molecule has 1 saturated carbocycles. The van der Waals surface area contributed by atoms with Crippen molar-refractivity contribution in [3.63, 3.8) is 0 Å². The maximum Gasteiger partial charge on any atom is 0.224 e. The molecule has 4 heteroatoms. The number of amides is 2.